The van der Waals surface area contributed by atoms with Crippen LogP contribution in [0.3, 0.4) is 0 Å². The van der Waals surface area contributed by atoms with Crippen molar-refractivity contribution in [3.05, 3.63) is 37.3 Å². The van der Waals surface area contributed by atoms with Crippen molar-refractivity contribution in [2.45, 2.75) is 6.92 Å². The fourth-order valence-electron chi connectivity index (χ4n) is 1.29. The monoisotopic (exact) mass is 377 g/mol. The van der Waals surface area contributed by atoms with E-state index in [1.54, 1.807) is 0 Å². The van der Waals surface area contributed by atoms with Gasteiger partial charge in [-0.1, -0.05) is 15.9 Å². The first-order valence-corrected chi connectivity index (χ1v) is 6.38. The van der Waals surface area contributed by atoms with Crippen LogP contribution in [-0.2, 0) is 0 Å². The van der Waals surface area contributed by atoms with Crippen LogP contribution in [0.15, 0.2) is 31.6 Å². The molecule has 1 aromatic carbocycles. The highest BCUT2D eigenvalue weighted by molar-refractivity contribution is 9.13. The predicted molar refractivity (Wildman–Crippen MR) is 69.6 cm³/mol. The van der Waals surface area contributed by atoms with E-state index in [1.165, 1.54) is 0 Å². The summed E-state index contributed by atoms with van der Waals surface area (Å²) in [5, 5.41) is 1.11. The van der Waals surface area contributed by atoms with Crippen molar-refractivity contribution in [1.29, 1.82) is 0 Å². The molecule has 14 heavy (non-hydrogen) atoms. The molecule has 0 amide bonds. The van der Waals surface area contributed by atoms with Crippen molar-refractivity contribution in [2.24, 2.45) is 0 Å². The fourth-order valence-corrected chi connectivity index (χ4v) is 2.56. The highest BCUT2D eigenvalue weighted by atomic mass is 79.9. The summed E-state index contributed by atoms with van der Waals surface area (Å²) in [6, 6.07) is 6.05. The van der Waals surface area contributed by atoms with Crippen molar-refractivity contribution in [3.63, 3.8) is 0 Å². The third-order valence-electron chi connectivity index (χ3n) is 1.99. The molecular weight excluding hydrogens is 374 g/mol. The Kier molecular flexibility index (Phi) is 2.96. The number of nitrogens with zero attached hydrogens (tertiary/aromatic N) is 1. The number of rotatable bonds is 0. The van der Waals surface area contributed by atoms with Gasteiger partial charge in [0.25, 0.3) is 0 Å². The number of pyridine rings is 1. The molecule has 4 heteroatoms. The van der Waals surface area contributed by atoms with Gasteiger partial charge in [0.05, 0.1) is 15.7 Å². The summed E-state index contributed by atoms with van der Waals surface area (Å²) in [6.45, 7) is 1.98. The standard InChI is InChI=1S/C10H6Br3N/c1-5-9(12)10(13)7-4-6(11)2-3-8(7)14-5/h2-4H,1H3. The Morgan fingerprint density at radius 3 is 2.50 bits per heavy atom. The predicted octanol–water partition coefficient (Wildman–Crippen LogP) is 4.83. The van der Waals surface area contributed by atoms with Gasteiger partial charge in [-0.2, -0.15) is 0 Å². The van der Waals surface area contributed by atoms with Gasteiger partial charge in [0.2, 0.25) is 0 Å². The van der Waals surface area contributed by atoms with E-state index in [9.17, 15) is 0 Å². The maximum absolute atomic E-state index is 4.48. The summed E-state index contributed by atoms with van der Waals surface area (Å²) >= 11 is 10.5. The first-order valence-electron chi connectivity index (χ1n) is 4.00. The van der Waals surface area contributed by atoms with E-state index < -0.39 is 0 Å². The Balaban J connectivity index is 2.92. The van der Waals surface area contributed by atoms with Gasteiger partial charge in [-0.25, -0.2) is 0 Å². The SMILES string of the molecule is Cc1nc2ccc(Br)cc2c(Br)c1Br. The first kappa shape index (κ1) is 10.6. The average molecular weight is 380 g/mol. The van der Waals surface area contributed by atoms with Crippen LogP contribution in [0.5, 0.6) is 0 Å². The Labute approximate surface area is 107 Å². The summed E-state index contributed by atoms with van der Waals surface area (Å²) in [6.07, 6.45) is 0. The molecule has 0 atom stereocenters. The highest BCUT2D eigenvalue weighted by Gasteiger charge is 2.07. The molecule has 1 heterocycles. The van der Waals surface area contributed by atoms with Crippen LogP contribution < -0.4 is 0 Å². The Hall–Kier alpha value is 0.0700. The molecule has 0 aliphatic carbocycles. The number of fused-ring (bicyclic) bond motifs is 1. The van der Waals surface area contributed by atoms with Crippen LogP contribution in [0.25, 0.3) is 10.9 Å². The molecule has 1 aromatic heterocycles. The minimum atomic E-state index is 0.992. The zero-order valence-electron chi connectivity index (χ0n) is 7.31. The van der Waals surface area contributed by atoms with E-state index in [2.05, 4.69) is 58.8 Å². The van der Waals surface area contributed by atoms with Crippen molar-refractivity contribution < 1.29 is 0 Å². The maximum atomic E-state index is 4.48. The number of aromatic nitrogens is 1. The number of halogens is 3. The van der Waals surface area contributed by atoms with Crippen LogP contribution in [-0.4, -0.2) is 4.98 Å². The molecule has 2 rings (SSSR count). The lowest BCUT2D eigenvalue weighted by molar-refractivity contribution is 1.22. The van der Waals surface area contributed by atoms with Gasteiger partial charge < -0.3 is 0 Å². The first-order chi connectivity index (χ1) is 6.59. The number of hydrogen-bond donors (Lipinski definition) is 0. The third kappa shape index (κ3) is 1.75. The quantitative estimate of drug-likeness (QED) is 0.638. The molecule has 0 radical (unpaired) electrons. The van der Waals surface area contributed by atoms with E-state index in [-0.39, 0.29) is 0 Å². The van der Waals surface area contributed by atoms with Crippen molar-refractivity contribution >= 4 is 58.7 Å². The molecule has 72 valence electrons. The molecule has 2 aromatic rings. The number of aryl methyl sites for hydroxylation is 1. The van der Waals surface area contributed by atoms with Gasteiger partial charge >= 0.3 is 0 Å². The third-order valence-corrected chi connectivity index (χ3v) is 4.81. The zero-order valence-corrected chi connectivity index (χ0v) is 12.1. The number of hydrogen-bond acceptors (Lipinski definition) is 1. The Morgan fingerprint density at radius 1 is 1.07 bits per heavy atom. The van der Waals surface area contributed by atoms with Crippen LogP contribution >= 0.6 is 47.8 Å². The topological polar surface area (TPSA) is 12.9 Å². The lowest BCUT2D eigenvalue weighted by Crippen LogP contribution is -1.87. The molecule has 0 saturated heterocycles. The van der Waals surface area contributed by atoms with Crippen molar-refractivity contribution in [2.75, 3.05) is 0 Å². The molecule has 0 fully saturated rings. The van der Waals surface area contributed by atoms with Gasteiger partial charge in [0, 0.05) is 14.3 Å². The van der Waals surface area contributed by atoms with E-state index in [0.29, 0.717) is 0 Å². The molecule has 0 bridgehead atoms. The second-order valence-electron chi connectivity index (χ2n) is 2.99. The second kappa shape index (κ2) is 3.91. The summed E-state index contributed by atoms with van der Waals surface area (Å²) in [4.78, 5) is 4.48. The van der Waals surface area contributed by atoms with Crippen LogP contribution in [0.4, 0.5) is 0 Å². The Morgan fingerprint density at radius 2 is 1.79 bits per heavy atom. The normalized spacial score (nSPS) is 10.9. The van der Waals surface area contributed by atoms with E-state index in [0.717, 1.165) is 30.0 Å². The van der Waals surface area contributed by atoms with Crippen LogP contribution in [0.1, 0.15) is 5.69 Å². The second-order valence-corrected chi connectivity index (χ2v) is 5.49. The molecule has 0 saturated carbocycles. The van der Waals surface area contributed by atoms with Gasteiger partial charge in [-0.05, 0) is 57.0 Å². The molecular formula is C10H6Br3N. The highest BCUT2D eigenvalue weighted by Crippen LogP contribution is 2.33. The van der Waals surface area contributed by atoms with Crippen LogP contribution in [0, 0.1) is 6.92 Å². The Bertz CT molecular complexity index is 508. The van der Waals surface area contributed by atoms with E-state index in [4.69, 9.17) is 0 Å². The summed E-state index contributed by atoms with van der Waals surface area (Å²) in [7, 11) is 0. The number of benzene rings is 1. The van der Waals surface area contributed by atoms with Crippen molar-refractivity contribution in [3.8, 4) is 0 Å². The van der Waals surface area contributed by atoms with Gasteiger partial charge in [0.1, 0.15) is 0 Å². The smallest absolute Gasteiger partial charge is 0.0718 e. The van der Waals surface area contributed by atoms with Gasteiger partial charge in [0.15, 0.2) is 0 Å². The van der Waals surface area contributed by atoms with Gasteiger partial charge in [-0.15, -0.1) is 0 Å². The summed E-state index contributed by atoms with van der Waals surface area (Å²) in [5.74, 6) is 0. The maximum Gasteiger partial charge on any atom is 0.0718 e. The van der Waals surface area contributed by atoms with Crippen LogP contribution in [0.2, 0.25) is 0 Å². The van der Waals surface area contributed by atoms with Crippen molar-refractivity contribution in [1.82, 2.24) is 4.98 Å². The average Bonchev–Trinajstić information content (AvgIpc) is 2.16. The van der Waals surface area contributed by atoms with E-state index in [1.807, 2.05) is 19.1 Å². The lowest BCUT2D eigenvalue weighted by Gasteiger charge is -2.05. The molecule has 0 aliphatic heterocycles. The molecule has 1 nitrogen and oxygen atoms in total. The minimum absolute atomic E-state index is 0.992. The summed E-state index contributed by atoms with van der Waals surface area (Å²) in [5.41, 5.74) is 1.99. The molecule has 0 unspecified atom stereocenters. The molecule has 0 aliphatic rings. The largest absolute Gasteiger partial charge is 0.252 e. The fraction of sp³-hybridized carbons (Fsp3) is 0.100. The zero-order chi connectivity index (χ0) is 10.3. The summed E-state index contributed by atoms with van der Waals surface area (Å²) < 4.78 is 3.13. The molecule has 0 spiro atoms. The van der Waals surface area contributed by atoms with Gasteiger partial charge in [-0.3, -0.25) is 4.98 Å². The molecule has 0 N–H and O–H groups in total. The lowest BCUT2D eigenvalue weighted by atomic mass is 10.2. The minimum Gasteiger partial charge on any atom is -0.252 e. The van der Waals surface area contributed by atoms with E-state index >= 15 is 0 Å².